The first-order valence-corrected chi connectivity index (χ1v) is 9.27. The van der Waals surface area contributed by atoms with Crippen LogP contribution >= 0.6 is 0 Å². The number of aliphatic hydroxyl groups is 1. The Hall–Kier alpha value is -1.96. The number of aliphatic hydroxyl groups excluding tert-OH is 1. The molecule has 1 aromatic rings. The Kier molecular flexibility index (Phi) is 5.90. The van der Waals surface area contributed by atoms with E-state index in [1.165, 1.54) is 0 Å². The molecule has 3 unspecified atom stereocenters. The van der Waals surface area contributed by atoms with Gasteiger partial charge in [0.15, 0.2) is 6.04 Å². The van der Waals surface area contributed by atoms with Crippen LogP contribution in [0.3, 0.4) is 0 Å². The quantitative estimate of drug-likeness (QED) is 0.655. The molecule has 2 aliphatic rings. The molecule has 7 nitrogen and oxygen atoms in total. The lowest BCUT2D eigenvalue weighted by atomic mass is 10.00. The van der Waals surface area contributed by atoms with Gasteiger partial charge in [0.25, 0.3) is 5.91 Å². The Morgan fingerprint density at radius 3 is 2.69 bits per heavy atom. The second-order valence-electron chi connectivity index (χ2n) is 7.08. The van der Waals surface area contributed by atoms with Crippen LogP contribution < -0.4 is 0 Å². The summed E-state index contributed by atoms with van der Waals surface area (Å²) in [6.07, 6.45) is 2.34. The van der Waals surface area contributed by atoms with E-state index >= 15 is 0 Å². The Morgan fingerprint density at radius 1 is 1.19 bits per heavy atom. The second kappa shape index (κ2) is 8.16. The summed E-state index contributed by atoms with van der Waals surface area (Å²) < 4.78 is 4.02. The minimum absolute atomic E-state index is 0.0196. The van der Waals surface area contributed by atoms with Crippen molar-refractivity contribution in [3.8, 4) is 0 Å². The van der Waals surface area contributed by atoms with Gasteiger partial charge >= 0.3 is 6.09 Å². The molecule has 1 aromatic carbocycles. The normalized spacial score (nSPS) is 28.8. The summed E-state index contributed by atoms with van der Waals surface area (Å²) in [5.41, 5.74) is 0.798. The number of nitrogens with zero attached hydrogens (tertiary/aromatic N) is 2. The number of carbonyl (C=O) groups is 2. The maximum Gasteiger partial charge on any atom is 0.517 e. The van der Waals surface area contributed by atoms with Crippen LogP contribution in [0, 0.1) is 5.21 Å². The molecule has 0 aliphatic carbocycles. The highest BCUT2D eigenvalue weighted by molar-refractivity contribution is 5.83. The van der Waals surface area contributed by atoms with Gasteiger partial charge in [0.05, 0.1) is 19.2 Å². The number of hydrogen-bond donors (Lipinski definition) is 1. The van der Waals surface area contributed by atoms with Gasteiger partial charge in [-0.3, -0.25) is 4.79 Å². The van der Waals surface area contributed by atoms with Gasteiger partial charge in [-0.25, -0.2) is 4.65 Å². The molecular weight excluding hydrogens is 336 g/mol. The first kappa shape index (κ1) is 18.8. The highest BCUT2D eigenvalue weighted by Gasteiger charge is 2.48. The van der Waals surface area contributed by atoms with Crippen molar-refractivity contribution in [2.24, 2.45) is 0 Å². The lowest BCUT2D eigenvalue weighted by molar-refractivity contribution is -0.831. The average molecular weight is 362 g/mol. The Labute approximate surface area is 153 Å². The summed E-state index contributed by atoms with van der Waals surface area (Å²) in [6, 6.07) is 7.94. The van der Waals surface area contributed by atoms with E-state index in [4.69, 9.17) is 4.74 Å². The highest BCUT2D eigenvalue weighted by atomic mass is 16.7. The number of piperidine rings is 1. The Bertz CT molecular complexity index is 638. The van der Waals surface area contributed by atoms with Gasteiger partial charge in [0.2, 0.25) is 0 Å². The SMILES string of the molecule is O=C(C1CCCC[N+]1([O-])C(=O)OCc1ccccc1)N1CCCC1CO. The van der Waals surface area contributed by atoms with Gasteiger partial charge in [-0.1, -0.05) is 30.3 Å². The third-order valence-electron chi connectivity index (χ3n) is 5.39. The summed E-state index contributed by atoms with van der Waals surface area (Å²) >= 11 is 0. The molecule has 2 heterocycles. The number of benzene rings is 1. The summed E-state index contributed by atoms with van der Waals surface area (Å²) in [4.78, 5) is 27.1. The van der Waals surface area contributed by atoms with Gasteiger partial charge in [0, 0.05) is 13.0 Å². The maximum atomic E-state index is 13.3. The molecule has 1 N–H and O–H groups in total. The van der Waals surface area contributed by atoms with Crippen molar-refractivity contribution >= 4 is 12.0 Å². The second-order valence-corrected chi connectivity index (χ2v) is 7.08. The van der Waals surface area contributed by atoms with E-state index in [1.807, 2.05) is 30.3 Å². The van der Waals surface area contributed by atoms with Gasteiger partial charge < -0.3 is 20.0 Å². The maximum absolute atomic E-state index is 13.3. The van der Waals surface area contributed by atoms with Crippen molar-refractivity contribution in [3.05, 3.63) is 41.1 Å². The van der Waals surface area contributed by atoms with Gasteiger partial charge in [0.1, 0.15) is 6.61 Å². The number of hydrogen-bond acceptors (Lipinski definition) is 5. The van der Waals surface area contributed by atoms with Crippen LogP contribution in [0.25, 0.3) is 0 Å². The Balaban J connectivity index is 1.71. The van der Waals surface area contributed by atoms with Crippen molar-refractivity contribution in [2.45, 2.75) is 50.8 Å². The molecule has 2 saturated heterocycles. The third-order valence-corrected chi connectivity index (χ3v) is 5.39. The van der Waals surface area contributed by atoms with Crippen LogP contribution in [-0.2, 0) is 16.1 Å². The number of hydroxylamine groups is 3. The fraction of sp³-hybridized carbons (Fsp3) is 0.579. The molecule has 26 heavy (non-hydrogen) atoms. The van der Waals surface area contributed by atoms with E-state index in [0.717, 1.165) is 24.8 Å². The van der Waals surface area contributed by atoms with E-state index in [0.29, 0.717) is 19.4 Å². The monoisotopic (exact) mass is 362 g/mol. The van der Waals surface area contributed by atoms with Crippen molar-refractivity contribution in [3.63, 3.8) is 0 Å². The van der Waals surface area contributed by atoms with E-state index in [-0.39, 0.29) is 31.7 Å². The summed E-state index contributed by atoms with van der Waals surface area (Å²) in [5, 5.41) is 22.8. The zero-order valence-electron chi connectivity index (χ0n) is 14.9. The molecule has 142 valence electrons. The first-order valence-electron chi connectivity index (χ1n) is 9.27. The predicted octanol–water partition coefficient (Wildman–Crippen LogP) is 2.17. The first-order chi connectivity index (χ1) is 12.6. The molecule has 0 spiro atoms. The molecule has 3 rings (SSSR count). The van der Waals surface area contributed by atoms with Crippen molar-refractivity contribution in [1.82, 2.24) is 4.90 Å². The molecule has 2 amide bonds. The Morgan fingerprint density at radius 2 is 1.96 bits per heavy atom. The fourth-order valence-electron chi connectivity index (χ4n) is 3.90. The van der Waals surface area contributed by atoms with E-state index in [9.17, 15) is 19.9 Å². The number of quaternary nitrogens is 1. The van der Waals surface area contributed by atoms with Crippen LogP contribution in [0.2, 0.25) is 0 Å². The van der Waals surface area contributed by atoms with Crippen molar-refractivity contribution in [2.75, 3.05) is 19.7 Å². The van der Waals surface area contributed by atoms with Gasteiger partial charge in [-0.05, 0) is 31.2 Å². The molecule has 0 saturated carbocycles. The molecule has 0 radical (unpaired) electrons. The third kappa shape index (κ3) is 3.75. The average Bonchev–Trinajstić information content (AvgIpc) is 3.15. The molecule has 0 aromatic heterocycles. The largest absolute Gasteiger partial charge is 0.622 e. The van der Waals surface area contributed by atoms with Crippen molar-refractivity contribution < 1.29 is 24.1 Å². The van der Waals surface area contributed by atoms with Crippen LogP contribution in [0.15, 0.2) is 30.3 Å². The summed E-state index contributed by atoms with van der Waals surface area (Å²) in [7, 11) is 0. The standard InChI is InChI=1S/C19H26N2O5/c22-13-16-9-6-11-20(16)18(23)17-10-4-5-12-21(17,25)19(24)26-14-15-7-2-1-3-8-15/h1-3,7-8,16-17,22H,4-6,9-14H2. The highest BCUT2D eigenvalue weighted by Crippen LogP contribution is 2.30. The van der Waals surface area contributed by atoms with Crippen molar-refractivity contribution in [1.29, 1.82) is 0 Å². The molecule has 3 atom stereocenters. The number of rotatable bonds is 4. The zero-order chi connectivity index (χ0) is 18.6. The summed E-state index contributed by atoms with van der Waals surface area (Å²) in [5.74, 6) is -0.326. The van der Waals surface area contributed by atoms with Crippen LogP contribution in [-0.4, -0.2) is 58.4 Å². The number of ether oxygens (including phenoxy) is 1. The van der Waals surface area contributed by atoms with Gasteiger partial charge in [-0.2, -0.15) is 4.79 Å². The zero-order valence-corrected chi connectivity index (χ0v) is 14.9. The van der Waals surface area contributed by atoms with Crippen LogP contribution in [0.4, 0.5) is 4.79 Å². The smallest absolute Gasteiger partial charge is 0.517 e. The molecule has 2 fully saturated rings. The lowest BCUT2D eigenvalue weighted by Gasteiger charge is -2.47. The minimum atomic E-state index is -1.25. The van der Waals surface area contributed by atoms with E-state index in [2.05, 4.69) is 0 Å². The number of carbonyl (C=O) groups excluding carboxylic acids is 2. The van der Waals surface area contributed by atoms with Crippen LogP contribution in [0.5, 0.6) is 0 Å². The number of likely N-dealkylation sites (tertiary alicyclic amines) is 2. The van der Waals surface area contributed by atoms with Crippen LogP contribution in [0.1, 0.15) is 37.7 Å². The van der Waals surface area contributed by atoms with E-state index < -0.39 is 16.8 Å². The molecule has 2 aliphatic heterocycles. The van der Waals surface area contributed by atoms with Gasteiger partial charge in [-0.15, -0.1) is 0 Å². The number of amides is 2. The molecular formula is C19H26N2O5. The molecule has 0 bridgehead atoms. The molecule has 7 heteroatoms. The minimum Gasteiger partial charge on any atom is -0.622 e. The van der Waals surface area contributed by atoms with E-state index in [1.54, 1.807) is 4.90 Å². The lowest BCUT2D eigenvalue weighted by Crippen LogP contribution is -2.63. The topological polar surface area (TPSA) is 89.9 Å². The predicted molar refractivity (Wildman–Crippen MR) is 94.6 cm³/mol. The summed E-state index contributed by atoms with van der Waals surface area (Å²) in [6.45, 7) is 0.489. The fourth-order valence-corrected chi connectivity index (χ4v) is 3.90.